The van der Waals surface area contributed by atoms with Crippen LogP contribution in [0.4, 0.5) is 4.39 Å². The van der Waals surface area contributed by atoms with Crippen LogP contribution in [-0.4, -0.2) is 18.8 Å². The van der Waals surface area contributed by atoms with Gasteiger partial charge >= 0.3 is 0 Å². The van der Waals surface area contributed by atoms with E-state index in [9.17, 15) is 9.50 Å². The maximum atomic E-state index is 13.6. The minimum absolute atomic E-state index is 0.00280. The number of benzene rings is 1. The van der Waals surface area contributed by atoms with Crippen LogP contribution < -0.4 is 4.74 Å². The summed E-state index contributed by atoms with van der Waals surface area (Å²) in [5, 5.41) is 9.58. The van der Waals surface area contributed by atoms with Gasteiger partial charge in [0.05, 0.1) is 13.7 Å². The van der Waals surface area contributed by atoms with E-state index in [2.05, 4.69) is 13.8 Å². The summed E-state index contributed by atoms with van der Waals surface area (Å²) >= 11 is 0. The molecule has 1 aromatic rings. The Hall–Kier alpha value is -1.09. The summed E-state index contributed by atoms with van der Waals surface area (Å²) in [6.45, 7) is 4.18. The highest BCUT2D eigenvalue weighted by Gasteiger charge is 2.62. The monoisotopic (exact) mass is 224 g/mol. The predicted molar refractivity (Wildman–Crippen MR) is 60.1 cm³/mol. The molecular weight excluding hydrogens is 207 g/mol. The molecule has 0 saturated heterocycles. The first-order valence-electron chi connectivity index (χ1n) is 5.42. The summed E-state index contributed by atoms with van der Waals surface area (Å²) in [7, 11) is 1.46. The predicted octanol–water partition coefficient (Wildman–Crippen LogP) is 2.49. The van der Waals surface area contributed by atoms with Crippen molar-refractivity contribution < 1.29 is 14.2 Å². The van der Waals surface area contributed by atoms with Crippen LogP contribution in [0.15, 0.2) is 18.2 Å². The van der Waals surface area contributed by atoms with Gasteiger partial charge in [-0.25, -0.2) is 4.39 Å². The van der Waals surface area contributed by atoms with E-state index >= 15 is 0 Å². The molecule has 1 unspecified atom stereocenters. The number of hydrogen-bond acceptors (Lipinski definition) is 2. The molecule has 1 atom stereocenters. The minimum atomic E-state index is -0.365. The molecule has 0 amide bonds. The summed E-state index contributed by atoms with van der Waals surface area (Å²) in [6.07, 6.45) is 0.857. The van der Waals surface area contributed by atoms with E-state index in [0.717, 1.165) is 12.0 Å². The molecule has 16 heavy (non-hydrogen) atoms. The van der Waals surface area contributed by atoms with Crippen molar-refractivity contribution in [3.8, 4) is 5.75 Å². The lowest BCUT2D eigenvalue weighted by molar-refractivity contribution is 0.227. The van der Waals surface area contributed by atoms with Gasteiger partial charge in [-0.05, 0) is 17.9 Å². The molecular formula is C13H17FO2. The third kappa shape index (κ3) is 1.34. The first kappa shape index (κ1) is 11.4. The maximum absolute atomic E-state index is 13.6. The summed E-state index contributed by atoms with van der Waals surface area (Å²) in [5.74, 6) is -0.0994. The third-order valence-corrected chi connectivity index (χ3v) is 3.87. The molecule has 0 spiro atoms. The minimum Gasteiger partial charge on any atom is -0.493 e. The normalized spacial score (nSPS) is 26.6. The Labute approximate surface area is 95.1 Å². The molecule has 1 saturated carbocycles. The number of para-hydroxylation sites is 1. The van der Waals surface area contributed by atoms with Gasteiger partial charge in [0.25, 0.3) is 0 Å². The first-order chi connectivity index (χ1) is 7.48. The van der Waals surface area contributed by atoms with Crippen LogP contribution in [-0.2, 0) is 5.41 Å². The average Bonchev–Trinajstić information content (AvgIpc) is 2.82. The van der Waals surface area contributed by atoms with E-state index in [1.807, 2.05) is 6.07 Å². The second kappa shape index (κ2) is 3.45. The molecule has 0 heterocycles. The summed E-state index contributed by atoms with van der Waals surface area (Å²) in [6, 6.07) is 4.88. The SMILES string of the molecule is COc1c(F)cccc1C1(CO)CC1(C)C. The van der Waals surface area contributed by atoms with Crippen molar-refractivity contribution in [2.45, 2.75) is 25.7 Å². The number of halogens is 1. The van der Waals surface area contributed by atoms with E-state index in [1.165, 1.54) is 13.2 Å². The summed E-state index contributed by atoms with van der Waals surface area (Å²) in [5.41, 5.74) is 0.436. The van der Waals surface area contributed by atoms with Crippen molar-refractivity contribution in [2.75, 3.05) is 13.7 Å². The van der Waals surface area contributed by atoms with Crippen LogP contribution in [0, 0.1) is 11.2 Å². The van der Waals surface area contributed by atoms with Gasteiger partial charge < -0.3 is 9.84 Å². The van der Waals surface area contributed by atoms with Gasteiger partial charge in [-0.1, -0.05) is 26.0 Å². The van der Waals surface area contributed by atoms with Crippen LogP contribution in [0.25, 0.3) is 0 Å². The van der Waals surface area contributed by atoms with Gasteiger partial charge in [-0.2, -0.15) is 0 Å². The lowest BCUT2D eigenvalue weighted by Crippen LogP contribution is -2.20. The maximum Gasteiger partial charge on any atom is 0.165 e. The van der Waals surface area contributed by atoms with Gasteiger partial charge in [0.2, 0.25) is 0 Å². The fraction of sp³-hybridized carbons (Fsp3) is 0.538. The van der Waals surface area contributed by atoms with Gasteiger partial charge in [0, 0.05) is 11.0 Å². The lowest BCUT2D eigenvalue weighted by Gasteiger charge is -2.21. The molecule has 88 valence electrons. The zero-order valence-electron chi connectivity index (χ0n) is 9.88. The van der Waals surface area contributed by atoms with Crippen molar-refractivity contribution in [2.24, 2.45) is 5.41 Å². The van der Waals surface area contributed by atoms with Crippen LogP contribution in [0.3, 0.4) is 0 Å². The second-order valence-electron chi connectivity index (χ2n) is 5.12. The summed E-state index contributed by atoms with van der Waals surface area (Å²) < 4.78 is 18.7. The topological polar surface area (TPSA) is 29.5 Å². The van der Waals surface area contributed by atoms with Gasteiger partial charge in [-0.15, -0.1) is 0 Å². The molecule has 0 bridgehead atoms. The Morgan fingerprint density at radius 2 is 2.06 bits per heavy atom. The number of methoxy groups -OCH3 is 1. The average molecular weight is 224 g/mol. The van der Waals surface area contributed by atoms with Crippen molar-refractivity contribution in [3.05, 3.63) is 29.6 Å². The summed E-state index contributed by atoms with van der Waals surface area (Å²) in [4.78, 5) is 0. The lowest BCUT2D eigenvalue weighted by atomic mass is 9.88. The quantitative estimate of drug-likeness (QED) is 0.854. The number of rotatable bonds is 3. The number of aliphatic hydroxyl groups is 1. The molecule has 0 aromatic heterocycles. The Bertz CT molecular complexity index is 414. The Morgan fingerprint density at radius 3 is 2.50 bits per heavy atom. The Morgan fingerprint density at radius 1 is 1.44 bits per heavy atom. The van der Waals surface area contributed by atoms with E-state index in [-0.39, 0.29) is 29.0 Å². The molecule has 0 aliphatic heterocycles. The van der Waals surface area contributed by atoms with E-state index in [4.69, 9.17) is 4.74 Å². The molecule has 1 fully saturated rings. The van der Waals surface area contributed by atoms with Crippen LogP contribution in [0.5, 0.6) is 5.75 Å². The molecule has 0 radical (unpaired) electrons. The van der Waals surface area contributed by atoms with Crippen molar-refractivity contribution in [1.82, 2.24) is 0 Å². The van der Waals surface area contributed by atoms with Gasteiger partial charge in [0.1, 0.15) is 0 Å². The van der Waals surface area contributed by atoms with Gasteiger partial charge in [-0.3, -0.25) is 0 Å². The van der Waals surface area contributed by atoms with Crippen LogP contribution >= 0.6 is 0 Å². The third-order valence-electron chi connectivity index (χ3n) is 3.87. The number of ether oxygens (including phenoxy) is 1. The van der Waals surface area contributed by atoms with Crippen molar-refractivity contribution >= 4 is 0 Å². The fourth-order valence-corrected chi connectivity index (χ4v) is 2.62. The zero-order chi connectivity index (χ0) is 12.0. The largest absolute Gasteiger partial charge is 0.493 e. The number of aliphatic hydroxyl groups excluding tert-OH is 1. The number of hydrogen-bond donors (Lipinski definition) is 1. The second-order valence-corrected chi connectivity index (χ2v) is 5.12. The molecule has 1 aliphatic rings. The van der Waals surface area contributed by atoms with Crippen molar-refractivity contribution in [3.63, 3.8) is 0 Å². The van der Waals surface area contributed by atoms with Crippen molar-refractivity contribution in [1.29, 1.82) is 0 Å². The molecule has 2 rings (SSSR count). The fourth-order valence-electron chi connectivity index (χ4n) is 2.62. The molecule has 1 N–H and O–H groups in total. The Balaban J connectivity index is 2.53. The Kier molecular flexibility index (Phi) is 2.46. The van der Waals surface area contributed by atoms with E-state index in [0.29, 0.717) is 0 Å². The van der Waals surface area contributed by atoms with E-state index < -0.39 is 0 Å². The first-order valence-corrected chi connectivity index (χ1v) is 5.42. The van der Waals surface area contributed by atoms with E-state index in [1.54, 1.807) is 6.07 Å². The standard InChI is InChI=1S/C13H17FO2/c1-12(2)7-13(12,8-15)9-5-4-6-10(14)11(9)16-3/h4-6,15H,7-8H2,1-3H3. The van der Waals surface area contributed by atoms with Gasteiger partial charge in [0.15, 0.2) is 11.6 Å². The van der Waals surface area contributed by atoms with Crippen LogP contribution in [0.1, 0.15) is 25.8 Å². The highest BCUT2D eigenvalue weighted by atomic mass is 19.1. The molecule has 1 aromatic carbocycles. The molecule has 1 aliphatic carbocycles. The highest BCUT2D eigenvalue weighted by Crippen LogP contribution is 2.65. The molecule has 2 nitrogen and oxygen atoms in total. The molecule has 3 heteroatoms. The zero-order valence-corrected chi connectivity index (χ0v) is 9.88. The smallest absolute Gasteiger partial charge is 0.165 e. The highest BCUT2D eigenvalue weighted by molar-refractivity contribution is 5.47. The van der Waals surface area contributed by atoms with Crippen LogP contribution in [0.2, 0.25) is 0 Å².